The van der Waals surface area contributed by atoms with Crippen LogP contribution >= 0.6 is 0 Å². The Bertz CT molecular complexity index is 872. The van der Waals surface area contributed by atoms with E-state index in [-0.39, 0.29) is 0 Å². The average Bonchev–Trinajstić information content (AvgIpc) is 3.28. The van der Waals surface area contributed by atoms with Gasteiger partial charge in [0.15, 0.2) is 5.65 Å². The fourth-order valence-electron chi connectivity index (χ4n) is 4.27. The Kier molecular flexibility index (Phi) is 3.76. The molecule has 0 radical (unpaired) electrons. The monoisotopic (exact) mass is 333 g/mol. The second-order valence-electron chi connectivity index (χ2n) is 7.22. The van der Waals surface area contributed by atoms with E-state index in [2.05, 4.69) is 45.4 Å². The molecule has 2 saturated heterocycles. The van der Waals surface area contributed by atoms with Crippen LogP contribution in [-0.4, -0.2) is 56.6 Å². The van der Waals surface area contributed by atoms with Crippen LogP contribution in [0.4, 0.5) is 0 Å². The summed E-state index contributed by atoms with van der Waals surface area (Å²) >= 11 is 0. The molecule has 128 valence electrons. The van der Waals surface area contributed by atoms with Gasteiger partial charge in [0.2, 0.25) is 0 Å². The average molecular weight is 333 g/mol. The molecule has 1 unspecified atom stereocenters. The Labute approximate surface area is 147 Å². The van der Waals surface area contributed by atoms with Crippen molar-refractivity contribution in [3.63, 3.8) is 0 Å². The summed E-state index contributed by atoms with van der Waals surface area (Å²) in [6.07, 6.45) is 8.79. The minimum atomic E-state index is 0.764. The maximum absolute atomic E-state index is 4.71. The molecule has 0 N–H and O–H groups in total. The molecule has 1 aromatic carbocycles. The van der Waals surface area contributed by atoms with E-state index >= 15 is 0 Å². The van der Waals surface area contributed by atoms with Crippen molar-refractivity contribution in [1.29, 1.82) is 0 Å². The van der Waals surface area contributed by atoms with Gasteiger partial charge in [0.25, 0.3) is 0 Å². The van der Waals surface area contributed by atoms with Crippen LogP contribution in [0.25, 0.3) is 16.8 Å². The molecule has 25 heavy (non-hydrogen) atoms. The van der Waals surface area contributed by atoms with Gasteiger partial charge in [0.1, 0.15) is 0 Å². The predicted molar refractivity (Wildman–Crippen MR) is 98.3 cm³/mol. The van der Waals surface area contributed by atoms with Crippen molar-refractivity contribution in [2.75, 3.05) is 26.2 Å². The number of nitrogens with zero attached hydrogens (tertiary/aromatic N) is 5. The standard InChI is InChI=1S/C20H23N5/c1-2-5-17(6-3-1)19-12-22-25-14-16(11-21-20(19)25)13-23-9-10-24-8-4-7-18(24)15-23/h1-3,5-6,11-12,14,18H,4,7-10,13,15H2. The van der Waals surface area contributed by atoms with Gasteiger partial charge in [-0.1, -0.05) is 30.3 Å². The third kappa shape index (κ3) is 2.83. The Morgan fingerprint density at radius 2 is 1.96 bits per heavy atom. The van der Waals surface area contributed by atoms with Crippen LogP contribution in [0.15, 0.2) is 48.9 Å². The molecule has 1 atom stereocenters. The number of benzene rings is 1. The molecule has 0 aliphatic carbocycles. The molecule has 0 spiro atoms. The highest BCUT2D eigenvalue weighted by Crippen LogP contribution is 2.24. The van der Waals surface area contributed by atoms with Gasteiger partial charge in [0.05, 0.1) is 6.20 Å². The number of piperazine rings is 1. The molecule has 2 aliphatic heterocycles. The molecule has 2 aliphatic rings. The van der Waals surface area contributed by atoms with Crippen LogP contribution in [-0.2, 0) is 6.54 Å². The quantitative estimate of drug-likeness (QED) is 0.738. The van der Waals surface area contributed by atoms with Crippen molar-refractivity contribution in [1.82, 2.24) is 24.4 Å². The molecule has 3 aromatic rings. The van der Waals surface area contributed by atoms with Crippen LogP contribution in [0.3, 0.4) is 0 Å². The fourth-order valence-corrected chi connectivity index (χ4v) is 4.27. The van der Waals surface area contributed by atoms with Crippen molar-refractivity contribution in [3.05, 3.63) is 54.5 Å². The van der Waals surface area contributed by atoms with Gasteiger partial charge in [-0.2, -0.15) is 5.10 Å². The first-order valence-corrected chi connectivity index (χ1v) is 9.21. The lowest BCUT2D eigenvalue weighted by atomic mass is 10.1. The molecule has 0 amide bonds. The zero-order valence-corrected chi connectivity index (χ0v) is 14.4. The van der Waals surface area contributed by atoms with Crippen LogP contribution < -0.4 is 0 Å². The minimum absolute atomic E-state index is 0.764. The van der Waals surface area contributed by atoms with Gasteiger partial charge in [-0.25, -0.2) is 9.50 Å². The van der Waals surface area contributed by atoms with Crippen LogP contribution in [0.5, 0.6) is 0 Å². The van der Waals surface area contributed by atoms with Crippen LogP contribution in [0, 0.1) is 0 Å². The molecule has 5 rings (SSSR count). The molecular weight excluding hydrogens is 310 g/mol. The van der Waals surface area contributed by atoms with E-state index in [0.717, 1.165) is 35.9 Å². The molecule has 5 nitrogen and oxygen atoms in total. The lowest BCUT2D eigenvalue weighted by molar-refractivity contribution is 0.0992. The van der Waals surface area contributed by atoms with Gasteiger partial charge in [-0.3, -0.25) is 9.80 Å². The highest BCUT2D eigenvalue weighted by Gasteiger charge is 2.30. The largest absolute Gasteiger partial charge is 0.298 e. The number of fused-ring (bicyclic) bond motifs is 2. The van der Waals surface area contributed by atoms with Gasteiger partial charge in [-0.15, -0.1) is 0 Å². The lowest BCUT2D eigenvalue weighted by Crippen LogP contribution is -2.49. The predicted octanol–water partition coefficient (Wildman–Crippen LogP) is 2.68. The smallest absolute Gasteiger partial charge is 0.162 e. The van der Waals surface area contributed by atoms with E-state index < -0.39 is 0 Å². The lowest BCUT2D eigenvalue weighted by Gasteiger charge is -2.37. The molecule has 2 fully saturated rings. The van der Waals surface area contributed by atoms with Crippen molar-refractivity contribution in [3.8, 4) is 11.1 Å². The Balaban J connectivity index is 1.37. The van der Waals surface area contributed by atoms with Gasteiger partial charge in [-0.05, 0) is 24.9 Å². The summed E-state index contributed by atoms with van der Waals surface area (Å²) < 4.78 is 1.92. The van der Waals surface area contributed by atoms with E-state index in [1.807, 2.05) is 23.0 Å². The second-order valence-corrected chi connectivity index (χ2v) is 7.22. The van der Waals surface area contributed by atoms with E-state index in [0.29, 0.717) is 0 Å². The highest BCUT2D eigenvalue weighted by molar-refractivity contribution is 5.76. The number of rotatable bonds is 3. The van der Waals surface area contributed by atoms with E-state index in [9.17, 15) is 0 Å². The van der Waals surface area contributed by atoms with E-state index in [1.165, 1.54) is 38.0 Å². The Morgan fingerprint density at radius 3 is 2.88 bits per heavy atom. The zero-order valence-electron chi connectivity index (χ0n) is 14.4. The zero-order chi connectivity index (χ0) is 16.6. The highest BCUT2D eigenvalue weighted by atomic mass is 15.3. The summed E-state index contributed by atoms with van der Waals surface area (Å²) in [6, 6.07) is 11.1. The Hall–Kier alpha value is -2.24. The SMILES string of the molecule is c1ccc(-c2cnn3cc(CN4CCN5CCCC5C4)cnc23)cc1. The topological polar surface area (TPSA) is 36.7 Å². The third-order valence-corrected chi connectivity index (χ3v) is 5.57. The van der Waals surface area contributed by atoms with Gasteiger partial charge >= 0.3 is 0 Å². The van der Waals surface area contributed by atoms with Gasteiger partial charge < -0.3 is 0 Å². The van der Waals surface area contributed by atoms with Crippen molar-refractivity contribution >= 4 is 5.65 Å². The van der Waals surface area contributed by atoms with Crippen molar-refractivity contribution < 1.29 is 0 Å². The Morgan fingerprint density at radius 1 is 1.04 bits per heavy atom. The maximum Gasteiger partial charge on any atom is 0.162 e. The first kappa shape index (κ1) is 15.0. The number of hydrogen-bond donors (Lipinski definition) is 0. The molecule has 0 bridgehead atoms. The summed E-state index contributed by atoms with van der Waals surface area (Å²) in [4.78, 5) is 9.93. The summed E-state index contributed by atoms with van der Waals surface area (Å²) in [5.41, 5.74) is 4.42. The first-order valence-electron chi connectivity index (χ1n) is 9.21. The second kappa shape index (κ2) is 6.24. The fraction of sp³-hybridized carbons (Fsp3) is 0.400. The molecule has 5 heteroatoms. The molecular formula is C20H23N5. The molecule has 4 heterocycles. The summed E-state index contributed by atoms with van der Waals surface area (Å²) in [5, 5.41) is 4.53. The molecule has 2 aromatic heterocycles. The van der Waals surface area contributed by atoms with Crippen LogP contribution in [0.1, 0.15) is 18.4 Å². The van der Waals surface area contributed by atoms with Crippen LogP contribution in [0.2, 0.25) is 0 Å². The summed E-state index contributed by atoms with van der Waals surface area (Å²) in [7, 11) is 0. The normalized spacial score (nSPS) is 21.7. The van der Waals surface area contributed by atoms with Crippen molar-refractivity contribution in [2.45, 2.75) is 25.4 Å². The summed E-state index contributed by atoms with van der Waals surface area (Å²) in [5.74, 6) is 0. The van der Waals surface area contributed by atoms with E-state index in [1.54, 1.807) is 0 Å². The number of aromatic nitrogens is 3. The maximum atomic E-state index is 4.71. The minimum Gasteiger partial charge on any atom is -0.298 e. The summed E-state index contributed by atoms with van der Waals surface area (Å²) in [6.45, 7) is 5.81. The van der Waals surface area contributed by atoms with E-state index in [4.69, 9.17) is 4.98 Å². The van der Waals surface area contributed by atoms with Gasteiger partial charge in [0, 0.05) is 55.7 Å². The molecule has 0 saturated carbocycles. The third-order valence-electron chi connectivity index (χ3n) is 5.57. The number of hydrogen-bond acceptors (Lipinski definition) is 4. The first-order chi connectivity index (χ1) is 12.4. The van der Waals surface area contributed by atoms with Crippen molar-refractivity contribution in [2.24, 2.45) is 0 Å².